The first-order valence-corrected chi connectivity index (χ1v) is 5.88. The van der Waals surface area contributed by atoms with Gasteiger partial charge in [-0.1, -0.05) is 30.7 Å². The van der Waals surface area contributed by atoms with Crippen molar-refractivity contribution in [2.45, 2.75) is 33.2 Å². The Labute approximate surface area is 98.8 Å². The molecule has 2 heteroatoms. The summed E-state index contributed by atoms with van der Waals surface area (Å²) < 4.78 is 5.10. The lowest BCUT2D eigenvalue weighted by Crippen LogP contribution is -2.21. The minimum atomic E-state index is 0.107. The van der Waals surface area contributed by atoms with Crippen LogP contribution in [-0.4, -0.2) is 13.7 Å². The fourth-order valence-corrected chi connectivity index (χ4v) is 1.91. The van der Waals surface area contributed by atoms with Crippen molar-refractivity contribution < 1.29 is 4.74 Å². The molecule has 90 valence electrons. The van der Waals surface area contributed by atoms with Crippen LogP contribution in [0.25, 0.3) is 0 Å². The average Bonchev–Trinajstić information content (AvgIpc) is 2.28. The van der Waals surface area contributed by atoms with E-state index in [2.05, 4.69) is 39.0 Å². The van der Waals surface area contributed by atoms with Crippen LogP contribution in [-0.2, 0) is 4.74 Å². The van der Waals surface area contributed by atoms with Gasteiger partial charge in [0.2, 0.25) is 0 Å². The number of benzene rings is 1. The molecule has 0 amide bonds. The molecular formula is C14H23NO. The molecule has 0 spiro atoms. The van der Waals surface area contributed by atoms with Gasteiger partial charge in [-0.3, -0.25) is 0 Å². The average molecular weight is 221 g/mol. The van der Waals surface area contributed by atoms with Crippen LogP contribution in [0.3, 0.4) is 0 Å². The lowest BCUT2D eigenvalue weighted by molar-refractivity contribution is 0.174. The second-order valence-corrected chi connectivity index (χ2v) is 4.64. The number of hydrogen-bond acceptors (Lipinski definition) is 2. The molecular weight excluding hydrogens is 198 g/mol. The maximum absolute atomic E-state index is 6.29. The fraction of sp³-hybridized carbons (Fsp3) is 0.571. The van der Waals surface area contributed by atoms with Gasteiger partial charge in [0.25, 0.3) is 0 Å². The van der Waals surface area contributed by atoms with Gasteiger partial charge in [-0.15, -0.1) is 0 Å². The third-order valence-corrected chi connectivity index (χ3v) is 3.18. The smallest absolute Gasteiger partial charge is 0.0465 e. The second kappa shape index (κ2) is 6.02. The number of methoxy groups -OCH3 is 1. The molecule has 0 aliphatic carbocycles. The molecule has 0 fully saturated rings. The monoisotopic (exact) mass is 221 g/mol. The van der Waals surface area contributed by atoms with E-state index >= 15 is 0 Å². The first kappa shape index (κ1) is 13.2. The van der Waals surface area contributed by atoms with E-state index in [1.165, 1.54) is 16.7 Å². The summed E-state index contributed by atoms with van der Waals surface area (Å²) in [7, 11) is 1.73. The van der Waals surface area contributed by atoms with E-state index in [1.54, 1.807) is 7.11 Å². The highest BCUT2D eigenvalue weighted by molar-refractivity contribution is 5.33. The molecule has 0 radical (unpaired) electrons. The second-order valence-electron chi connectivity index (χ2n) is 4.64. The highest BCUT2D eigenvalue weighted by atomic mass is 16.5. The summed E-state index contributed by atoms with van der Waals surface area (Å²) in [6, 6.07) is 6.58. The van der Waals surface area contributed by atoms with E-state index in [4.69, 9.17) is 10.5 Å². The first-order chi connectivity index (χ1) is 7.56. The van der Waals surface area contributed by atoms with Crippen LogP contribution in [0.4, 0.5) is 0 Å². The van der Waals surface area contributed by atoms with E-state index in [9.17, 15) is 0 Å². The lowest BCUT2D eigenvalue weighted by Gasteiger charge is -2.22. The Morgan fingerprint density at radius 1 is 1.31 bits per heavy atom. The maximum atomic E-state index is 6.29. The number of rotatable bonds is 5. The molecule has 16 heavy (non-hydrogen) atoms. The lowest BCUT2D eigenvalue weighted by atomic mass is 9.89. The van der Waals surface area contributed by atoms with Gasteiger partial charge in [0.05, 0.1) is 0 Å². The summed E-state index contributed by atoms with van der Waals surface area (Å²) in [5, 5.41) is 0. The predicted octanol–water partition coefficient (Wildman–Crippen LogP) is 2.98. The Bertz CT molecular complexity index is 336. The molecule has 2 N–H and O–H groups in total. The Morgan fingerprint density at radius 3 is 2.62 bits per heavy atom. The standard InChI is InChI=1S/C14H23NO/c1-10-5-6-11(2)13(9-10)14(15)12(3)7-8-16-4/h5-6,9,12,14H,7-8,15H2,1-4H3. The van der Waals surface area contributed by atoms with E-state index in [0.29, 0.717) is 5.92 Å². The normalized spacial score (nSPS) is 14.8. The molecule has 0 saturated carbocycles. The number of nitrogens with two attached hydrogens (primary N) is 1. The fourth-order valence-electron chi connectivity index (χ4n) is 1.91. The zero-order chi connectivity index (χ0) is 12.1. The van der Waals surface area contributed by atoms with Gasteiger partial charge in [0.1, 0.15) is 0 Å². The van der Waals surface area contributed by atoms with E-state index in [1.807, 2.05) is 0 Å². The van der Waals surface area contributed by atoms with Crippen LogP contribution in [0, 0.1) is 19.8 Å². The van der Waals surface area contributed by atoms with Crippen LogP contribution < -0.4 is 5.73 Å². The summed E-state index contributed by atoms with van der Waals surface area (Å²) in [4.78, 5) is 0. The minimum Gasteiger partial charge on any atom is -0.385 e. The third kappa shape index (κ3) is 3.32. The largest absolute Gasteiger partial charge is 0.385 e. The van der Waals surface area contributed by atoms with Crippen LogP contribution in [0.15, 0.2) is 18.2 Å². The molecule has 0 bridgehead atoms. The number of hydrogen-bond donors (Lipinski definition) is 1. The zero-order valence-corrected chi connectivity index (χ0v) is 10.8. The molecule has 2 atom stereocenters. The molecule has 0 saturated heterocycles. The maximum Gasteiger partial charge on any atom is 0.0465 e. The molecule has 0 aliphatic heterocycles. The van der Waals surface area contributed by atoms with Crippen molar-refractivity contribution in [1.29, 1.82) is 0 Å². The molecule has 0 aromatic heterocycles. The van der Waals surface area contributed by atoms with Crippen molar-refractivity contribution in [3.05, 3.63) is 34.9 Å². The zero-order valence-electron chi connectivity index (χ0n) is 10.8. The van der Waals surface area contributed by atoms with Crippen molar-refractivity contribution in [2.75, 3.05) is 13.7 Å². The highest BCUT2D eigenvalue weighted by Gasteiger charge is 2.16. The first-order valence-electron chi connectivity index (χ1n) is 5.88. The van der Waals surface area contributed by atoms with E-state index < -0.39 is 0 Å². The molecule has 1 aromatic carbocycles. The third-order valence-electron chi connectivity index (χ3n) is 3.18. The molecule has 0 aliphatic rings. The van der Waals surface area contributed by atoms with Gasteiger partial charge in [-0.2, -0.15) is 0 Å². The number of aryl methyl sites for hydroxylation is 2. The van der Waals surface area contributed by atoms with Crippen molar-refractivity contribution in [3.63, 3.8) is 0 Å². The van der Waals surface area contributed by atoms with E-state index in [0.717, 1.165) is 13.0 Å². The summed E-state index contributed by atoms with van der Waals surface area (Å²) in [5.41, 5.74) is 10.1. The highest BCUT2D eigenvalue weighted by Crippen LogP contribution is 2.25. The van der Waals surface area contributed by atoms with Gasteiger partial charge in [0, 0.05) is 19.8 Å². The van der Waals surface area contributed by atoms with Crippen LogP contribution in [0.2, 0.25) is 0 Å². The SMILES string of the molecule is COCCC(C)C(N)c1cc(C)ccc1C. The quantitative estimate of drug-likeness (QED) is 0.829. The molecule has 0 heterocycles. The van der Waals surface area contributed by atoms with E-state index in [-0.39, 0.29) is 6.04 Å². The Kier molecular flexibility index (Phi) is 4.97. The van der Waals surface area contributed by atoms with Crippen molar-refractivity contribution >= 4 is 0 Å². The molecule has 1 aromatic rings. The van der Waals surface area contributed by atoms with Crippen molar-refractivity contribution in [1.82, 2.24) is 0 Å². The Balaban J connectivity index is 2.78. The van der Waals surface area contributed by atoms with Crippen molar-refractivity contribution in [2.24, 2.45) is 11.7 Å². The molecule has 1 rings (SSSR count). The molecule has 2 unspecified atom stereocenters. The van der Waals surface area contributed by atoms with Crippen LogP contribution in [0.5, 0.6) is 0 Å². The van der Waals surface area contributed by atoms with Gasteiger partial charge >= 0.3 is 0 Å². The number of ether oxygens (including phenoxy) is 1. The summed E-state index contributed by atoms with van der Waals surface area (Å²) in [5.74, 6) is 0.445. The van der Waals surface area contributed by atoms with Gasteiger partial charge in [-0.25, -0.2) is 0 Å². The summed E-state index contributed by atoms with van der Waals surface area (Å²) in [6.45, 7) is 7.19. The Morgan fingerprint density at radius 2 is 2.00 bits per heavy atom. The van der Waals surface area contributed by atoms with Gasteiger partial charge in [0.15, 0.2) is 0 Å². The van der Waals surface area contributed by atoms with Crippen molar-refractivity contribution in [3.8, 4) is 0 Å². The Hall–Kier alpha value is -0.860. The predicted molar refractivity (Wildman–Crippen MR) is 68.5 cm³/mol. The summed E-state index contributed by atoms with van der Waals surface area (Å²) in [6.07, 6.45) is 1.01. The van der Waals surface area contributed by atoms with Crippen LogP contribution >= 0.6 is 0 Å². The van der Waals surface area contributed by atoms with Gasteiger partial charge < -0.3 is 10.5 Å². The van der Waals surface area contributed by atoms with Gasteiger partial charge in [-0.05, 0) is 37.3 Å². The minimum absolute atomic E-state index is 0.107. The summed E-state index contributed by atoms with van der Waals surface area (Å²) >= 11 is 0. The molecule has 2 nitrogen and oxygen atoms in total. The van der Waals surface area contributed by atoms with Crippen LogP contribution in [0.1, 0.15) is 36.1 Å². The topological polar surface area (TPSA) is 35.2 Å².